The molecule has 0 aliphatic rings. The predicted octanol–water partition coefficient (Wildman–Crippen LogP) is 4.37. The molecule has 1 unspecified atom stereocenters. The van der Waals surface area contributed by atoms with Crippen LogP contribution in [0.3, 0.4) is 0 Å². The van der Waals surface area contributed by atoms with Gasteiger partial charge in [-0.15, -0.1) is 0 Å². The maximum absolute atomic E-state index is 14.5. The van der Waals surface area contributed by atoms with E-state index in [1.54, 1.807) is 0 Å². The summed E-state index contributed by atoms with van der Waals surface area (Å²) in [7, 11) is 0. The first-order valence-corrected chi connectivity index (χ1v) is 8.35. The van der Waals surface area contributed by atoms with E-state index in [9.17, 15) is 4.39 Å². The number of fused-ring (bicyclic) bond motifs is 1. The Labute approximate surface area is 136 Å². The van der Waals surface area contributed by atoms with Gasteiger partial charge in [0.2, 0.25) is 0 Å². The normalized spacial score (nSPS) is 14.1. The van der Waals surface area contributed by atoms with Crippen molar-refractivity contribution in [2.24, 2.45) is 0 Å². The third-order valence-corrected chi connectivity index (χ3v) is 5.76. The first kappa shape index (κ1) is 14.9. The van der Waals surface area contributed by atoms with Crippen LogP contribution < -0.4 is 0 Å². The Morgan fingerprint density at radius 1 is 1.32 bits per heavy atom. The van der Waals surface area contributed by atoms with E-state index < -0.39 is 3.33 Å². The van der Waals surface area contributed by atoms with Crippen molar-refractivity contribution in [3.8, 4) is 6.07 Å². The fraction of sp³-hybridized carbons (Fsp3) is 0.267. The third-order valence-electron chi connectivity index (χ3n) is 3.13. The molecule has 2 aromatic rings. The van der Waals surface area contributed by atoms with Gasteiger partial charge in [0.1, 0.15) is 0 Å². The monoisotopic (exact) mass is 513 g/mol. The molecule has 0 bridgehead atoms. The molecular weight excluding hydrogens is 502 g/mol. The van der Waals surface area contributed by atoms with Crippen LogP contribution in [0.15, 0.2) is 34.8 Å². The molecule has 19 heavy (non-hydrogen) atoms. The molecule has 0 aromatic heterocycles. The van der Waals surface area contributed by atoms with Gasteiger partial charge in [-0.1, -0.05) is 0 Å². The van der Waals surface area contributed by atoms with Crippen LogP contribution >= 0.6 is 15.9 Å². The van der Waals surface area contributed by atoms with Crippen molar-refractivity contribution in [2.75, 3.05) is 0 Å². The fourth-order valence-corrected chi connectivity index (χ4v) is 3.89. The third kappa shape index (κ3) is 3.15. The average molecular weight is 514 g/mol. The second kappa shape index (κ2) is 5.86. The van der Waals surface area contributed by atoms with Gasteiger partial charge in [-0.2, -0.15) is 0 Å². The Morgan fingerprint density at radius 3 is 2.68 bits per heavy atom. The summed E-state index contributed by atoms with van der Waals surface area (Å²) in [6, 6.07) is 11.9. The van der Waals surface area contributed by atoms with Gasteiger partial charge in [0.15, 0.2) is 0 Å². The Bertz CT molecular complexity index is 661. The van der Waals surface area contributed by atoms with Gasteiger partial charge >= 0.3 is 137 Å². The topological polar surface area (TPSA) is 23.8 Å². The van der Waals surface area contributed by atoms with Crippen LogP contribution in [0.4, 0.5) is 4.39 Å². The standard InChI is InChI=1S/C15H12BrFN.Po/c1-2-15(17)13-8-12-7-10(5-6-18)3-4-11(12)9-14(13)16;/h3-4,7-9H,2,5H2,1H3;. The van der Waals surface area contributed by atoms with E-state index in [1.165, 1.54) is 0 Å². The summed E-state index contributed by atoms with van der Waals surface area (Å²) < 4.78 is 14.1. The zero-order chi connectivity index (χ0) is 14.0. The van der Waals surface area contributed by atoms with E-state index in [0.717, 1.165) is 45.9 Å². The molecule has 0 spiro atoms. The quantitative estimate of drug-likeness (QED) is 0.598. The van der Waals surface area contributed by atoms with Crippen LogP contribution in [0, 0.1) is 11.3 Å². The van der Waals surface area contributed by atoms with E-state index in [4.69, 9.17) is 5.26 Å². The molecule has 0 heterocycles. The summed E-state index contributed by atoms with van der Waals surface area (Å²) in [5, 5.41) is 10.8. The number of alkyl halides is 1. The van der Waals surface area contributed by atoms with Gasteiger partial charge in [0, 0.05) is 0 Å². The molecule has 0 aliphatic carbocycles. The summed E-state index contributed by atoms with van der Waals surface area (Å²) >= 11 is 4.38. The van der Waals surface area contributed by atoms with Gasteiger partial charge in [0.05, 0.1) is 0 Å². The predicted molar refractivity (Wildman–Crippen MR) is 79.8 cm³/mol. The summed E-state index contributed by atoms with van der Waals surface area (Å²) in [6.07, 6.45) is 0.845. The molecule has 0 saturated heterocycles. The minimum absolute atomic E-state index is 0.382. The van der Waals surface area contributed by atoms with Crippen LogP contribution in [0.2, 0.25) is 0 Å². The minimum atomic E-state index is -1.27. The van der Waals surface area contributed by atoms with E-state index in [1.807, 2.05) is 37.3 Å². The molecule has 1 radical (unpaired) electrons. The second-order valence-electron chi connectivity index (χ2n) is 4.43. The zero-order valence-electron chi connectivity index (χ0n) is 10.4. The maximum atomic E-state index is 14.5. The van der Waals surface area contributed by atoms with Crippen molar-refractivity contribution >= 4 is 51.8 Å². The van der Waals surface area contributed by atoms with Crippen LogP contribution in [0.5, 0.6) is 0 Å². The second-order valence-corrected chi connectivity index (χ2v) is 7.80. The van der Waals surface area contributed by atoms with Crippen molar-refractivity contribution in [1.82, 2.24) is 0 Å². The fourth-order valence-electron chi connectivity index (χ4n) is 2.00. The molecular formula is C15H12BrFNPo. The van der Waals surface area contributed by atoms with Crippen LogP contribution in [0.1, 0.15) is 24.5 Å². The summed E-state index contributed by atoms with van der Waals surface area (Å²) in [4.78, 5) is 0. The van der Waals surface area contributed by atoms with Gasteiger partial charge in [0.25, 0.3) is 0 Å². The number of halogens is 2. The van der Waals surface area contributed by atoms with Gasteiger partial charge < -0.3 is 0 Å². The van der Waals surface area contributed by atoms with Crippen molar-refractivity contribution in [3.63, 3.8) is 0 Å². The van der Waals surface area contributed by atoms with Crippen molar-refractivity contribution in [1.29, 1.82) is 5.26 Å². The first-order valence-electron chi connectivity index (χ1n) is 5.97. The molecule has 0 fully saturated rings. The Balaban J connectivity index is 2.62. The molecule has 0 N–H and O–H groups in total. The Morgan fingerprint density at radius 2 is 2.05 bits per heavy atom. The summed E-state index contributed by atoms with van der Waals surface area (Å²) in [5.41, 5.74) is 1.67. The average Bonchev–Trinajstić information content (AvgIpc) is 2.38. The first-order chi connectivity index (χ1) is 8.97. The van der Waals surface area contributed by atoms with Crippen molar-refractivity contribution < 1.29 is 4.39 Å². The number of hydrogen-bond donors (Lipinski definition) is 0. The summed E-state index contributed by atoms with van der Waals surface area (Å²) in [6.45, 7) is 1.86. The molecule has 2 aromatic carbocycles. The molecule has 1 nitrogen and oxygen atoms in total. The molecule has 0 amide bonds. The van der Waals surface area contributed by atoms with Gasteiger partial charge in [-0.05, 0) is 0 Å². The number of nitrogens with zero attached hydrogens (tertiary/aromatic N) is 1. The SMILES string of the molecule is CC[C](F)([Po])c1cc2cc(CC#N)ccc2cc1Br. The zero-order valence-corrected chi connectivity index (χ0v) is 15.2. The van der Waals surface area contributed by atoms with E-state index in [0.29, 0.717) is 18.4 Å². The van der Waals surface area contributed by atoms with Crippen molar-refractivity contribution in [3.05, 3.63) is 45.9 Å². The van der Waals surface area contributed by atoms with Crippen LogP contribution in [-0.4, -0.2) is 25.1 Å². The van der Waals surface area contributed by atoms with E-state index in [2.05, 4.69) is 22.0 Å². The number of benzene rings is 2. The number of rotatable bonds is 3. The molecule has 1 atom stereocenters. The Kier molecular flexibility index (Phi) is 4.60. The molecule has 97 valence electrons. The molecule has 0 aliphatic heterocycles. The van der Waals surface area contributed by atoms with Gasteiger partial charge in [-0.3, -0.25) is 0 Å². The van der Waals surface area contributed by atoms with E-state index >= 15 is 0 Å². The number of hydrogen-bond acceptors (Lipinski definition) is 1. The van der Waals surface area contributed by atoms with Crippen LogP contribution in [-0.2, 0) is 9.75 Å². The van der Waals surface area contributed by atoms with Crippen molar-refractivity contribution in [2.45, 2.75) is 23.1 Å². The molecule has 4 heteroatoms. The van der Waals surface area contributed by atoms with Crippen LogP contribution in [0.25, 0.3) is 10.8 Å². The molecule has 0 saturated carbocycles. The number of nitriles is 1. The molecule has 2 rings (SSSR count). The summed E-state index contributed by atoms with van der Waals surface area (Å²) in [5.74, 6) is 0. The Hall–Kier alpha value is -0.504. The van der Waals surface area contributed by atoms with Gasteiger partial charge in [-0.25, -0.2) is 0 Å². The van der Waals surface area contributed by atoms with E-state index in [-0.39, 0.29) is 0 Å².